The van der Waals surface area contributed by atoms with Gasteiger partial charge in [0, 0.05) is 17.7 Å². The molecule has 2 aromatic carbocycles. The molecule has 0 aliphatic rings. The molecule has 0 fully saturated rings. The van der Waals surface area contributed by atoms with Crippen LogP contribution in [0.25, 0.3) is 16.3 Å². The van der Waals surface area contributed by atoms with E-state index in [0.717, 1.165) is 16.3 Å². The van der Waals surface area contributed by atoms with Gasteiger partial charge in [0.1, 0.15) is 5.94 Å². The topological polar surface area (TPSA) is 28.4 Å². The smallest absolute Gasteiger partial charge is 0.232 e. The van der Waals surface area contributed by atoms with Crippen molar-refractivity contribution in [1.82, 2.24) is 0 Å². The van der Waals surface area contributed by atoms with E-state index < -0.39 is 0 Å². The van der Waals surface area contributed by atoms with Crippen LogP contribution in [0.2, 0.25) is 0 Å². The third-order valence-electron chi connectivity index (χ3n) is 3.04. The zero-order chi connectivity index (χ0) is 13.1. The summed E-state index contributed by atoms with van der Waals surface area (Å²) >= 11 is 0. The normalized spacial score (nSPS) is 10.1. The van der Waals surface area contributed by atoms with Gasteiger partial charge in [-0.05, 0) is 16.8 Å². The minimum absolute atomic E-state index is 0.442. The summed E-state index contributed by atoms with van der Waals surface area (Å²) in [6.07, 6.45) is 1.55. The summed E-state index contributed by atoms with van der Waals surface area (Å²) in [7, 11) is 0. The van der Waals surface area contributed by atoms with Crippen LogP contribution in [0.4, 0.5) is 0 Å². The summed E-state index contributed by atoms with van der Waals surface area (Å²) in [5, 5.41) is 2.10. The molecule has 0 unspecified atom stereocenters. The summed E-state index contributed by atoms with van der Waals surface area (Å²) in [6.45, 7) is 0. The van der Waals surface area contributed by atoms with E-state index in [1.807, 2.05) is 54.5 Å². The van der Waals surface area contributed by atoms with Crippen molar-refractivity contribution in [3.8, 4) is 0 Å². The molecule has 0 aliphatic heterocycles. The van der Waals surface area contributed by atoms with Crippen LogP contribution in [0.15, 0.2) is 71.3 Å². The maximum Gasteiger partial charge on any atom is 0.371 e. The monoisotopic (exact) mass is 247 g/mol. The van der Waals surface area contributed by atoms with Gasteiger partial charge in [0.25, 0.3) is 0 Å². The molecule has 2 heteroatoms. The second-order valence-corrected chi connectivity index (χ2v) is 4.17. The van der Waals surface area contributed by atoms with Crippen molar-refractivity contribution in [3.63, 3.8) is 0 Å². The van der Waals surface area contributed by atoms with Gasteiger partial charge in [0.2, 0.25) is 0 Å². The Hall–Kier alpha value is -2.70. The SMILES string of the molecule is O=C=C(c1cccc[o+]1)c1cccc2ccccc12. The van der Waals surface area contributed by atoms with Crippen molar-refractivity contribution in [1.29, 1.82) is 0 Å². The molecule has 3 rings (SSSR count). The molecule has 0 spiro atoms. The Kier molecular flexibility index (Phi) is 2.93. The lowest BCUT2D eigenvalue weighted by molar-refractivity contribution is 0.534. The van der Waals surface area contributed by atoms with Crippen LogP contribution in [0, 0.1) is 0 Å². The number of fused-ring (bicyclic) bond motifs is 1. The molecular formula is C17H11O2+. The van der Waals surface area contributed by atoms with Crippen LogP contribution in [-0.4, -0.2) is 5.94 Å². The lowest BCUT2D eigenvalue weighted by atomic mass is 9.97. The highest BCUT2D eigenvalue weighted by molar-refractivity contribution is 6.04. The first-order chi connectivity index (χ1) is 9.40. The average Bonchev–Trinajstić information content (AvgIpc) is 2.49. The van der Waals surface area contributed by atoms with Crippen LogP contribution in [0.3, 0.4) is 0 Å². The second-order valence-electron chi connectivity index (χ2n) is 4.17. The van der Waals surface area contributed by atoms with Gasteiger partial charge >= 0.3 is 12.0 Å². The van der Waals surface area contributed by atoms with Gasteiger partial charge in [-0.25, -0.2) is 9.21 Å². The molecule has 0 radical (unpaired) electrons. The fourth-order valence-electron chi connectivity index (χ4n) is 2.16. The quantitative estimate of drug-likeness (QED) is 0.506. The molecule has 90 valence electrons. The highest BCUT2D eigenvalue weighted by Gasteiger charge is 2.18. The molecular weight excluding hydrogens is 236 g/mol. The standard InChI is InChI=1S/C17H11O2/c18-12-16(17-10-3-4-11-19-17)15-9-5-7-13-6-1-2-8-14(13)15/h1-11H/q+1. The summed E-state index contributed by atoms with van der Waals surface area (Å²) < 4.78 is 5.38. The molecule has 0 aliphatic carbocycles. The lowest BCUT2D eigenvalue weighted by Gasteiger charge is -2.03. The van der Waals surface area contributed by atoms with Gasteiger partial charge in [-0.2, -0.15) is 0 Å². The molecule has 19 heavy (non-hydrogen) atoms. The maximum absolute atomic E-state index is 11.3. The average molecular weight is 247 g/mol. The zero-order valence-electron chi connectivity index (χ0n) is 10.2. The van der Waals surface area contributed by atoms with E-state index in [2.05, 4.69) is 0 Å². The molecule has 0 saturated heterocycles. The van der Waals surface area contributed by atoms with Gasteiger partial charge in [-0.1, -0.05) is 42.5 Å². The summed E-state index contributed by atoms with van der Waals surface area (Å²) in [5.41, 5.74) is 1.28. The number of carbonyl (C=O) groups excluding carboxylic acids is 1. The van der Waals surface area contributed by atoms with E-state index in [-0.39, 0.29) is 0 Å². The Balaban J connectivity index is 2.27. The molecule has 3 aromatic rings. The highest BCUT2D eigenvalue weighted by atomic mass is 16.3. The van der Waals surface area contributed by atoms with E-state index in [4.69, 9.17) is 4.42 Å². The Labute approximate surface area is 110 Å². The maximum atomic E-state index is 11.3. The molecule has 1 heterocycles. The Morgan fingerprint density at radius 2 is 1.68 bits per heavy atom. The molecule has 1 aromatic heterocycles. The van der Waals surface area contributed by atoms with Gasteiger partial charge in [-0.3, -0.25) is 0 Å². The predicted octanol–water partition coefficient (Wildman–Crippen LogP) is 3.98. The minimum Gasteiger partial charge on any atom is -0.232 e. The van der Waals surface area contributed by atoms with Crippen molar-refractivity contribution in [2.75, 3.05) is 0 Å². The third-order valence-corrected chi connectivity index (χ3v) is 3.04. The van der Waals surface area contributed by atoms with E-state index in [1.54, 1.807) is 18.4 Å². The van der Waals surface area contributed by atoms with Gasteiger partial charge < -0.3 is 0 Å². The van der Waals surface area contributed by atoms with Crippen molar-refractivity contribution in [3.05, 3.63) is 78.3 Å². The molecule has 0 bridgehead atoms. The molecule has 0 atom stereocenters. The first-order valence-corrected chi connectivity index (χ1v) is 6.00. The first kappa shape index (κ1) is 11.4. The van der Waals surface area contributed by atoms with Gasteiger partial charge in [-0.15, -0.1) is 0 Å². The minimum atomic E-state index is 0.442. The largest absolute Gasteiger partial charge is 0.371 e. The number of rotatable bonds is 2. The van der Waals surface area contributed by atoms with Crippen molar-refractivity contribution >= 4 is 22.3 Å². The third kappa shape index (κ3) is 2.05. The number of hydrogen-bond acceptors (Lipinski definition) is 1. The summed E-state index contributed by atoms with van der Waals surface area (Å²) in [6, 6.07) is 19.2. The molecule has 0 saturated carbocycles. The lowest BCUT2D eigenvalue weighted by Crippen LogP contribution is -1.90. The van der Waals surface area contributed by atoms with Crippen LogP contribution in [0.1, 0.15) is 11.3 Å². The van der Waals surface area contributed by atoms with Gasteiger partial charge in [0.15, 0.2) is 5.57 Å². The fraction of sp³-hybridized carbons (Fsp3) is 0. The van der Waals surface area contributed by atoms with Gasteiger partial charge in [0.05, 0.1) is 0 Å². The van der Waals surface area contributed by atoms with Crippen LogP contribution >= 0.6 is 0 Å². The highest BCUT2D eigenvalue weighted by Crippen LogP contribution is 2.27. The number of hydrogen-bond donors (Lipinski definition) is 0. The van der Waals surface area contributed by atoms with Crippen molar-refractivity contribution in [2.24, 2.45) is 0 Å². The Morgan fingerprint density at radius 1 is 0.895 bits per heavy atom. The molecule has 0 N–H and O–H groups in total. The van der Waals surface area contributed by atoms with E-state index in [0.29, 0.717) is 11.3 Å². The molecule has 2 nitrogen and oxygen atoms in total. The second kappa shape index (κ2) is 4.89. The van der Waals surface area contributed by atoms with Crippen LogP contribution in [-0.2, 0) is 4.79 Å². The van der Waals surface area contributed by atoms with E-state index >= 15 is 0 Å². The summed E-state index contributed by atoms with van der Waals surface area (Å²) in [5.74, 6) is 2.52. The number of benzene rings is 2. The van der Waals surface area contributed by atoms with Crippen LogP contribution in [0.5, 0.6) is 0 Å². The first-order valence-electron chi connectivity index (χ1n) is 6.00. The van der Waals surface area contributed by atoms with E-state index in [1.165, 1.54) is 0 Å². The van der Waals surface area contributed by atoms with Crippen molar-refractivity contribution < 1.29 is 9.21 Å². The zero-order valence-corrected chi connectivity index (χ0v) is 10.2. The molecule has 0 amide bonds. The fourth-order valence-corrected chi connectivity index (χ4v) is 2.16. The predicted molar refractivity (Wildman–Crippen MR) is 75.3 cm³/mol. The van der Waals surface area contributed by atoms with E-state index in [9.17, 15) is 4.79 Å². The van der Waals surface area contributed by atoms with Crippen LogP contribution < -0.4 is 0 Å². The van der Waals surface area contributed by atoms with Crippen molar-refractivity contribution in [2.45, 2.75) is 0 Å². The Morgan fingerprint density at radius 3 is 2.47 bits per heavy atom. The summed E-state index contributed by atoms with van der Waals surface area (Å²) in [4.78, 5) is 11.3. The Bertz CT molecular complexity index is 764.